The zero-order valence-electron chi connectivity index (χ0n) is 7.09. The molecule has 0 radical (unpaired) electrons. The van der Waals surface area contributed by atoms with Crippen LogP contribution in [0.2, 0.25) is 0 Å². The molecule has 0 aliphatic heterocycles. The maximum atomic E-state index is 5.07. The van der Waals surface area contributed by atoms with Crippen molar-refractivity contribution in [2.24, 2.45) is 0 Å². The summed E-state index contributed by atoms with van der Waals surface area (Å²) in [7, 11) is 1.63. The van der Waals surface area contributed by atoms with Crippen molar-refractivity contribution in [3.8, 4) is 5.88 Å². The van der Waals surface area contributed by atoms with Crippen LogP contribution in [0.1, 0.15) is 18.3 Å². The molecule has 0 N–H and O–H groups in total. The normalized spacial score (nSPS) is 9.73. The lowest BCUT2D eigenvalue weighted by Gasteiger charge is -2.03. The molecule has 1 rings (SSSR count). The molecule has 0 amide bonds. The van der Waals surface area contributed by atoms with E-state index in [1.807, 2.05) is 6.92 Å². The van der Waals surface area contributed by atoms with Gasteiger partial charge in [0.05, 0.1) is 7.11 Å². The number of methoxy groups -OCH3 is 1. The van der Waals surface area contributed by atoms with Crippen LogP contribution in [0.25, 0.3) is 0 Å². The second-order valence-electron chi connectivity index (χ2n) is 2.31. The second-order valence-corrected chi connectivity index (χ2v) is 2.31. The van der Waals surface area contributed by atoms with Gasteiger partial charge in [-0.3, -0.25) is 0 Å². The summed E-state index contributed by atoms with van der Waals surface area (Å²) in [5, 5.41) is 0. The maximum absolute atomic E-state index is 5.07. The topological polar surface area (TPSA) is 35.0 Å². The quantitative estimate of drug-likeness (QED) is 0.641. The molecular formula is C8H12N2O. The average Bonchev–Trinajstić information content (AvgIpc) is 2.04. The van der Waals surface area contributed by atoms with Crippen LogP contribution in [-0.4, -0.2) is 17.1 Å². The van der Waals surface area contributed by atoms with Crippen molar-refractivity contribution in [3.05, 3.63) is 17.6 Å². The van der Waals surface area contributed by atoms with Gasteiger partial charge >= 0.3 is 0 Å². The Morgan fingerprint density at radius 1 is 1.55 bits per heavy atom. The molecule has 1 aromatic heterocycles. The molecule has 11 heavy (non-hydrogen) atoms. The fourth-order valence-corrected chi connectivity index (χ4v) is 0.893. The summed E-state index contributed by atoms with van der Waals surface area (Å²) in [6.45, 7) is 3.90. The minimum Gasteiger partial charge on any atom is -0.481 e. The van der Waals surface area contributed by atoms with Crippen LogP contribution < -0.4 is 4.74 Å². The highest BCUT2D eigenvalue weighted by Gasteiger charge is 2.01. The summed E-state index contributed by atoms with van der Waals surface area (Å²) < 4.78 is 5.07. The second kappa shape index (κ2) is 3.32. The van der Waals surface area contributed by atoms with Gasteiger partial charge in [-0.1, -0.05) is 6.92 Å². The monoisotopic (exact) mass is 152 g/mol. The molecule has 0 saturated heterocycles. The molecule has 3 nitrogen and oxygen atoms in total. The molecule has 1 aromatic rings. The number of nitrogens with zero attached hydrogens (tertiary/aromatic N) is 2. The van der Waals surface area contributed by atoms with Crippen LogP contribution in [0.4, 0.5) is 0 Å². The fraction of sp³-hybridized carbons (Fsp3) is 0.500. The van der Waals surface area contributed by atoms with Crippen LogP contribution in [0.5, 0.6) is 5.88 Å². The van der Waals surface area contributed by atoms with E-state index in [-0.39, 0.29) is 0 Å². The molecule has 3 heteroatoms. The summed E-state index contributed by atoms with van der Waals surface area (Å²) in [6, 6.07) is 0. The number of aryl methyl sites for hydroxylation is 2. The van der Waals surface area contributed by atoms with Crippen molar-refractivity contribution in [1.82, 2.24) is 9.97 Å². The zero-order valence-corrected chi connectivity index (χ0v) is 7.09. The summed E-state index contributed by atoms with van der Waals surface area (Å²) in [5.41, 5.74) is 1.05. The Kier molecular flexibility index (Phi) is 2.41. The van der Waals surface area contributed by atoms with Gasteiger partial charge in [-0.15, -0.1) is 0 Å². The first kappa shape index (κ1) is 7.98. The third-order valence-corrected chi connectivity index (χ3v) is 1.52. The van der Waals surface area contributed by atoms with Gasteiger partial charge in [-0.2, -0.15) is 4.98 Å². The summed E-state index contributed by atoms with van der Waals surface area (Å²) >= 11 is 0. The molecule has 0 spiro atoms. The van der Waals surface area contributed by atoms with E-state index in [9.17, 15) is 0 Å². The Hall–Kier alpha value is -1.12. The summed E-state index contributed by atoms with van der Waals surface area (Å²) in [5.74, 6) is 1.44. The lowest BCUT2D eigenvalue weighted by Crippen LogP contribution is -1.97. The molecule has 0 aromatic carbocycles. The molecule has 60 valence electrons. The summed E-state index contributed by atoms with van der Waals surface area (Å²) in [6.07, 6.45) is 2.71. The van der Waals surface area contributed by atoms with Crippen molar-refractivity contribution < 1.29 is 4.74 Å². The average molecular weight is 152 g/mol. The van der Waals surface area contributed by atoms with Crippen molar-refractivity contribution in [2.45, 2.75) is 20.3 Å². The minimum absolute atomic E-state index is 0.694. The number of rotatable bonds is 2. The molecule has 0 saturated carbocycles. The highest BCUT2D eigenvalue weighted by atomic mass is 16.5. The SMILES string of the molecule is CCc1cnc(C)nc1OC. The smallest absolute Gasteiger partial charge is 0.219 e. The van der Waals surface area contributed by atoms with E-state index in [4.69, 9.17) is 4.74 Å². The van der Waals surface area contributed by atoms with Gasteiger partial charge < -0.3 is 4.74 Å². The largest absolute Gasteiger partial charge is 0.481 e. The third-order valence-electron chi connectivity index (χ3n) is 1.52. The van der Waals surface area contributed by atoms with Gasteiger partial charge in [0.25, 0.3) is 0 Å². The van der Waals surface area contributed by atoms with Crippen LogP contribution in [-0.2, 0) is 6.42 Å². The fourth-order valence-electron chi connectivity index (χ4n) is 0.893. The lowest BCUT2D eigenvalue weighted by molar-refractivity contribution is 0.390. The third kappa shape index (κ3) is 1.67. The standard InChI is InChI=1S/C8H12N2O/c1-4-7-5-9-6(2)10-8(7)11-3/h5H,4H2,1-3H3. The number of ether oxygens (including phenoxy) is 1. The van der Waals surface area contributed by atoms with Gasteiger partial charge in [0, 0.05) is 11.8 Å². The van der Waals surface area contributed by atoms with Gasteiger partial charge in [-0.05, 0) is 13.3 Å². The van der Waals surface area contributed by atoms with E-state index in [2.05, 4.69) is 16.9 Å². The Labute approximate surface area is 66.4 Å². The Balaban J connectivity index is 3.06. The van der Waals surface area contributed by atoms with E-state index >= 15 is 0 Å². The predicted molar refractivity (Wildman–Crippen MR) is 42.7 cm³/mol. The zero-order chi connectivity index (χ0) is 8.27. The molecule has 0 aliphatic carbocycles. The van der Waals surface area contributed by atoms with E-state index in [0.29, 0.717) is 5.88 Å². The highest BCUT2D eigenvalue weighted by Crippen LogP contribution is 2.13. The van der Waals surface area contributed by atoms with E-state index in [1.165, 1.54) is 0 Å². The first-order chi connectivity index (χ1) is 5.27. The van der Waals surface area contributed by atoms with Gasteiger partial charge in [0.2, 0.25) is 5.88 Å². The van der Waals surface area contributed by atoms with Crippen LogP contribution in [0.3, 0.4) is 0 Å². The first-order valence-corrected chi connectivity index (χ1v) is 3.64. The number of hydrogen-bond donors (Lipinski definition) is 0. The Morgan fingerprint density at radius 3 is 2.82 bits per heavy atom. The van der Waals surface area contributed by atoms with Crippen LogP contribution >= 0.6 is 0 Å². The van der Waals surface area contributed by atoms with Gasteiger partial charge in [0.15, 0.2) is 0 Å². The first-order valence-electron chi connectivity index (χ1n) is 3.64. The lowest BCUT2D eigenvalue weighted by atomic mass is 10.2. The molecule has 0 bridgehead atoms. The van der Waals surface area contributed by atoms with E-state index in [1.54, 1.807) is 13.3 Å². The highest BCUT2D eigenvalue weighted by molar-refractivity contribution is 5.23. The Bertz CT molecular complexity index is 248. The molecule has 0 atom stereocenters. The van der Waals surface area contributed by atoms with Crippen LogP contribution in [0.15, 0.2) is 6.20 Å². The molecular weight excluding hydrogens is 140 g/mol. The molecule has 0 aliphatic rings. The molecule has 1 heterocycles. The van der Waals surface area contributed by atoms with E-state index in [0.717, 1.165) is 17.8 Å². The van der Waals surface area contributed by atoms with Gasteiger partial charge in [-0.25, -0.2) is 4.98 Å². The van der Waals surface area contributed by atoms with E-state index < -0.39 is 0 Å². The minimum atomic E-state index is 0.694. The number of hydrogen-bond acceptors (Lipinski definition) is 3. The van der Waals surface area contributed by atoms with Crippen molar-refractivity contribution in [2.75, 3.05) is 7.11 Å². The molecule has 0 fully saturated rings. The predicted octanol–water partition coefficient (Wildman–Crippen LogP) is 1.36. The number of aromatic nitrogens is 2. The van der Waals surface area contributed by atoms with Crippen molar-refractivity contribution >= 4 is 0 Å². The van der Waals surface area contributed by atoms with Crippen molar-refractivity contribution in [3.63, 3.8) is 0 Å². The van der Waals surface area contributed by atoms with Crippen molar-refractivity contribution in [1.29, 1.82) is 0 Å². The van der Waals surface area contributed by atoms with Crippen LogP contribution in [0, 0.1) is 6.92 Å². The van der Waals surface area contributed by atoms with Gasteiger partial charge in [0.1, 0.15) is 5.82 Å². The summed E-state index contributed by atoms with van der Waals surface area (Å²) in [4.78, 5) is 8.20. The molecule has 0 unspecified atom stereocenters. The Morgan fingerprint density at radius 2 is 2.27 bits per heavy atom. The maximum Gasteiger partial charge on any atom is 0.219 e.